The molecule has 0 heterocycles. The lowest BCUT2D eigenvalue weighted by Crippen LogP contribution is -2.58. The highest BCUT2D eigenvalue weighted by atomic mass is 16.2. The first-order chi connectivity index (χ1) is 13.6. The highest BCUT2D eigenvalue weighted by Crippen LogP contribution is 2.42. The fourth-order valence-electron chi connectivity index (χ4n) is 3.82. The van der Waals surface area contributed by atoms with Crippen molar-refractivity contribution in [3.63, 3.8) is 0 Å². The van der Waals surface area contributed by atoms with E-state index in [0.717, 1.165) is 16.7 Å². The molecule has 4 heteroatoms. The van der Waals surface area contributed by atoms with Gasteiger partial charge < -0.3 is 10.6 Å². The second-order valence-corrected chi connectivity index (χ2v) is 6.65. The van der Waals surface area contributed by atoms with E-state index in [2.05, 4.69) is 10.6 Å². The van der Waals surface area contributed by atoms with Crippen molar-refractivity contribution in [2.45, 2.75) is 18.4 Å². The quantitative estimate of drug-likeness (QED) is 0.653. The summed E-state index contributed by atoms with van der Waals surface area (Å²) < 4.78 is 0. The van der Waals surface area contributed by atoms with Crippen LogP contribution >= 0.6 is 0 Å². The Hall–Kier alpha value is -3.40. The van der Waals surface area contributed by atoms with Gasteiger partial charge in [0.05, 0.1) is 5.41 Å². The third-order valence-electron chi connectivity index (χ3n) is 4.98. The molecule has 0 spiro atoms. The van der Waals surface area contributed by atoms with E-state index in [4.69, 9.17) is 0 Å². The summed E-state index contributed by atoms with van der Waals surface area (Å²) in [5.41, 5.74) is 1.88. The van der Waals surface area contributed by atoms with Crippen LogP contribution in [0.1, 0.15) is 23.6 Å². The summed E-state index contributed by atoms with van der Waals surface area (Å²) in [6.07, 6.45) is 0. The summed E-state index contributed by atoms with van der Waals surface area (Å²) in [6, 6.07) is 28.7. The molecule has 0 aliphatic rings. The number of rotatable bonds is 6. The van der Waals surface area contributed by atoms with Gasteiger partial charge in [0.15, 0.2) is 0 Å². The lowest BCUT2D eigenvalue weighted by atomic mass is 9.64. The Balaban J connectivity index is 2.42. The summed E-state index contributed by atoms with van der Waals surface area (Å²) in [6.45, 7) is 1.43. The Morgan fingerprint density at radius 2 is 1.07 bits per heavy atom. The molecule has 2 amide bonds. The summed E-state index contributed by atoms with van der Waals surface area (Å²) in [5.74, 6) is -0.521. The topological polar surface area (TPSA) is 58.2 Å². The number of hydrogen-bond acceptors (Lipinski definition) is 2. The van der Waals surface area contributed by atoms with Crippen LogP contribution in [-0.2, 0) is 15.0 Å². The predicted octanol–water partition coefficient (Wildman–Crippen LogP) is 3.27. The van der Waals surface area contributed by atoms with E-state index in [9.17, 15) is 9.59 Å². The number of hydrogen-bond donors (Lipinski definition) is 2. The van der Waals surface area contributed by atoms with Crippen molar-refractivity contribution in [3.8, 4) is 0 Å². The van der Waals surface area contributed by atoms with E-state index in [-0.39, 0.29) is 11.8 Å². The van der Waals surface area contributed by atoms with Crippen LogP contribution in [0.5, 0.6) is 0 Å². The van der Waals surface area contributed by atoms with E-state index in [1.165, 1.54) is 6.92 Å². The van der Waals surface area contributed by atoms with Crippen molar-refractivity contribution < 1.29 is 9.59 Å². The van der Waals surface area contributed by atoms with Crippen LogP contribution in [0.3, 0.4) is 0 Å². The molecule has 3 aromatic carbocycles. The Labute approximate surface area is 165 Å². The number of nitrogens with one attached hydrogen (secondary N) is 2. The molecule has 2 N–H and O–H groups in total. The molecule has 0 aliphatic heterocycles. The van der Waals surface area contributed by atoms with Crippen molar-refractivity contribution in [2.24, 2.45) is 0 Å². The second-order valence-electron chi connectivity index (χ2n) is 6.65. The van der Waals surface area contributed by atoms with Crippen LogP contribution in [0.4, 0.5) is 0 Å². The number of amides is 2. The molecule has 0 unspecified atom stereocenters. The lowest BCUT2D eigenvalue weighted by Gasteiger charge is -2.41. The molecule has 0 saturated carbocycles. The van der Waals surface area contributed by atoms with Crippen LogP contribution in [0, 0.1) is 0 Å². The maximum atomic E-state index is 13.1. The Morgan fingerprint density at radius 1 is 0.714 bits per heavy atom. The molecule has 3 rings (SSSR count). The summed E-state index contributed by atoms with van der Waals surface area (Å²) >= 11 is 0. The van der Waals surface area contributed by atoms with Gasteiger partial charge in [-0.3, -0.25) is 9.59 Å². The highest BCUT2D eigenvalue weighted by molar-refractivity contribution is 5.90. The molecular weight excluding hydrogens is 348 g/mol. The van der Waals surface area contributed by atoms with Crippen molar-refractivity contribution in [2.75, 3.05) is 7.05 Å². The normalized spacial score (nSPS) is 12.1. The average molecular weight is 372 g/mol. The van der Waals surface area contributed by atoms with Gasteiger partial charge in [0.25, 0.3) is 0 Å². The van der Waals surface area contributed by atoms with Gasteiger partial charge in [0, 0.05) is 14.0 Å². The molecule has 142 valence electrons. The van der Waals surface area contributed by atoms with Gasteiger partial charge in [-0.05, 0) is 16.7 Å². The molecule has 3 aromatic rings. The minimum absolute atomic E-state index is 0.258. The van der Waals surface area contributed by atoms with Crippen molar-refractivity contribution >= 4 is 11.8 Å². The van der Waals surface area contributed by atoms with Crippen molar-refractivity contribution in [3.05, 3.63) is 108 Å². The first-order valence-electron chi connectivity index (χ1n) is 9.26. The van der Waals surface area contributed by atoms with Gasteiger partial charge >= 0.3 is 0 Å². The van der Waals surface area contributed by atoms with Crippen LogP contribution in [0.25, 0.3) is 0 Å². The standard InChI is InChI=1S/C24H24N2O2/c1-18(27)26-22(23(28)25-2)24(19-12-6-3-7-13-19,20-14-8-4-9-15-20)21-16-10-5-11-17-21/h3-17,22H,1-2H3,(H,25,28)(H,26,27)/t22-/m1/s1. The lowest BCUT2D eigenvalue weighted by molar-refractivity contribution is -0.128. The molecule has 1 atom stereocenters. The summed E-state index contributed by atoms with van der Waals surface area (Å²) in [7, 11) is 1.59. The summed E-state index contributed by atoms with van der Waals surface area (Å²) in [5, 5.41) is 5.65. The first-order valence-corrected chi connectivity index (χ1v) is 9.26. The zero-order valence-electron chi connectivity index (χ0n) is 16.1. The number of carbonyl (C=O) groups is 2. The molecule has 0 aliphatic carbocycles. The van der Waals surface area contributed by atoms with Gasteiger partial charge in [0.1, 0.15) is 6.04 Å². The van der Waals surface area contributed by atoms with Crippen LogP contribution in [0.15, 0.2) is 91.0 Å². The zero-order chi connectivity index (χ0) is 20.0. The zero-order valence-corrected chi connectivity index (χ0v) is 16.1. The average Bonchev–Trinajstić information content (AvgIpc) is 2.75. The van der Waals surface area contributed by atoms with Crippen LogP contribution < -0.4 is 10.6 Å². The van der Waals surface area contributed by atoms with E-state index in [1.54, 1.807) is 7.05 Å². The second kappa shape index (κ2) is 8.53. The van der Waals surface area contributed by atoms with Gasteiger partial charge in [-0.1, -0.05) is 91.0 Å². The number of benzene rings is 3. The largest absolute Gasteiger partial charge is 0.357 e. The predicted molar refractivity (Wildman–Crippen MR) is 111 cm³/mol. The minimum Gasteiger partial charge on any atom is -0.357 e. The molecule has 28 heavy (non-hydrogen) atoms. The SMILES string of the molecule is CNC(=O)[C@@H](NC(C)=O)C(c1ccccc1)(c1ccccc1)c1ccccc1. The monoisotopic (exact) mass is 372 g/mol. The molecule has 0 saturated heterocycles. The van der Waals surface area contributed by atoms with Gasteiger partial charge in [-0.15, -0.1) is 0 Å². The van der Waals surface area contributed by atoms with E-state index >= 15 is 0 Å². The molecule has 0 bridgehead atoms. The fourth-order valence-corrected chi connectivity index (χ4v) is 3.82. The molecule has 0 fully saturated rings. The smallest absolute Gasteiger partial charge is 0.243 e. The highest BCUT2D eigenvalue weighted by Gasteiger charge is 2.47. The molecule has 0 radical (unpaired) electrons. The van der Waals surface area contributed by atoms with Crippen molar-refractivity contribution in [1.82, 2.24) is 10.6 Å². The maximum Gasteiger partial charge on any atom is 0.243 e. The van der Waals surface area contributed by atoms with Crippen molar-refractivity contribution in [1.29, 1.82) is 0 Å². The number of carbonyl (C=O) groups excluding carboxylic acids is 2. The molecular formula is C24H24N2O2. The Morgan fingerprint density at radius 3 is 1.36 bits per heavy atom. The van der Waals surface area contributed by atoms with Gasteiger partial charge in [0.2, 0.25) is 11.8 Å². The van der Waals surface area contributed by atoms with Crippen LogP contribution in [-0.4, -0.2) is 24.9 Å². The van der Waals surface area contributed by atoms with Crippen LogP contribution in [0.2, 0.25) is 0 Å². The minimum atomic E-state index is -0.893. The Kier molecular flexibility index (Phi) is 5.90. The van der Waals surface area contributed by atoms with Gasteiger partial charge in [-0.2, -0.15) is 0 Å². The van der Waals surface area contributed by atoms with E-state index in [0.29, 0.717) is 0 Å². The first kappa shape index (κ1) is 19.4. The fraction of sp³-hybridized carbons (Fsp3) is 0.167. The number of likely N-dealkylation sites (N-methyl/N-ethyl adjacent to an activating group) is 1. The Bertz CT molecular complexity index is 828. The summed E-state index contributed by atoms with van der Waals surface area (Å²) in [4.78, 5) is 25.2. The molecule has 4 nitrogen and oxygen atoms in total. The third-order valence-corrected chi connectivity index (χ3v) is 4.98. The van der Waals surface area contributed by atoms with E-state index in [1.807, 2.05) is 91.0 Å². The molecule has 0 aromatic heterocycles. The van der Waals surface area contributed by atoms with Gasteiger partial charge in [-0.25, -0.2) is 0 Å². The maximum absolute atomic E-state index is 13.1. The van der Waals surface area contributed by atoms with E-state index < -0.39 is 11.5 Å². The third kappa shape index (κ3) is 3.54.